The zero-order valence-electron chi connectivity index (χ0n) is 39.8. The number of nitrogens with one attached hydrogen (secondary N) is 6. The van der Waals surface area contributed by atoms with E-state index in [2.05, 4.69) is 55.8 Å². The molecule has 0 aliphatic heterocycles. The normalized spacial score (nSPS) is 10.7. The highest BCUT2D eigenvalue weighted by Gasteiger charge is 2.12. The molecule has 0 unspecified atom stereocenters. The van der Waals surface area contributed by atoms with Gasteiger partial charge in [-0.25, -0.2) is 15.0 Å². The molecule has 0 atom stereocenters. The standard InChI is InChI=1S/C20H16N4O.2C19H15N5O/c21-15-8-11-17-18(12-15)24-19(23-17)13-6-9-16(10-7-13)22-20(25)14-4-2-1-3-5-14;20-14-5-8-16-17(10-14)24-18(23-16)12-3-6-15(7-4-12)22-19(25)13-2-1-9-21-11-13;20-13-6-9-15-17(11-13)24-18(23-15)12-4-7-14(8-5-12)22-19(25)16-3-1-2-10-21-16/h1-12H,21H2,(H,22,25)(H,23,24);2*1-11H,20H2,(H,22,25)(H,23,24). The Morgan fingerprint density at radius 3 is 1.19 bits per heavy atom. The van der Waals surface area contributed by atoms with Crippen LogP contribution >= 0.6 is 0 Å². The minimum absolute atomic E-state index is 0.132. The van der Waals surface area contributed by atoms with Crippen LogP contribution in [0.4, 0.5) is 34.1 Å². The third-order valence-electron chi connectivity index (χ3n) is 11.6. The quantitative estimate of drug-likeness (QED) is 0.0613. The lowest BCUT2D eigenvalue weighted by Crippen LogP contribution is -2.13. The molecule has 0 aliphatic carbocycles. The van der Waals surface area contributed by atoms with Gasteiger partial charge in [-0.3, -0.25) is 24.4 Å². The summed E-state index contributed by atoms with van der Waals surface area (Å²) in [5, 5.41) is 8.55. The number of H-pyrrole nitrogens is 3. The smallest absolute Gasteiger partial charge is 0.274 e. The highest BCUT2D eigenvalue weighted by molar-refractivity contribution is 6.05. The molecule has 12 aromatic rings. The fraction of sp³-hybridized carbons (Fsp3) is 0. The van der Waals surface area contributed by atoms with Gasteiger partial charge in [0.15, 0.2) is 0 Å². The zero-order chi connectivity index (χ0) is 51.7. The first kappa shape index (κ1) is 47.7. The molecule has 5 aromatic heterocycles. The number of aromatic amines is 3. The Kier molecular flexibility index (Phi) is 13.7. The summed E-state index contributed by atoms with van der Waals surface area (Å²) in [5.74, 6) is 1.70. The van der Waals surface area contributed by atoms with E-state index in [9.17, 15) is 14.4 Å². The monoisotopic (exact) mass is 986 g/mol. The Bertz CT molecular complexity index is 3520. The van der Waals surface area contributed by atoms with Crippen LogP contribution in [0.2, 0.25) is 0 Å². The molecule has 17 heteroatoms. The molecule has 0 spiro atoms. The van der Waals surface area contributed by atoms with Gasteiger partial charge in [-0.05, 0) is 164 Å². The molecule has 17 nitrogen and oxygen atoms in total. The molecule has 3 amide bonds. The van der Waals surface area contributed by atoms with E-state index in [1.165, 1.54) is 6.20 Å². The summed E-state index contributed by atoms with van der Waals surface area (Å²) in [6.45, 7) is 0. The van der Waals surface area contributed by atoms with Crippen LogP contribution in [0, 0.1) is 0 Å². The van der Waals surface area contributed by atoms with Crippen molar-refractivity contribution in [2.75, 3.05) is 33.2 Å². The first-order valence-electron chi connectivity index (χ1n) is 23.4. The molecule has 5 heterocycles. The number of nitrogens with two attached hydrogens (primary N) is 3. The topological polar surface area (TPSA) is 277 Å². The van der Waals surface area contributed by atoms with Crippen molar-refractivity contribution >= 4 is 84.9 Å². The Morgan fingerprint density at radius 2 is 0.787 bits per heavy atom. The largest absolute Gasteiger partial charge is 0.399 e. The predicted molar refractivity (Wildman–Crippen MR) is 297 cm³/mol. The van der Waals surface area contributed by atoms with Gasteiger partial charge in [-0.1, -0.05) is 24.3 Å². The van der Waals surface area contributed by atoms with E-state index in [1.807, 2.05) is 146 Å². The summed E-state index contributed by atoms with van der Waals surface area (Å²) in [6.07, 6.45) is 4.75. The van der Waals surface area contributed by atoms with Crippen molar-refractivity contribution in [1.82, 2.24) is 39.9 Å². The molecule has 75 heavy (non-hydrogen) atoms. The molecule has 7 aromatic carbocycles. The van der Waals surface area contributed by atoms with Crippen LogP contribution in [-0.2, 0) is 0 Å². The van der Waals surface area contributed by atoms with Gasteiger partial charge >= 0.3 is 0 Å². The van der Waals surface area contributed by atoms with E-state index in [0.29, 0.717) is 45.3 Å². The predicted octanol–water partition coefficient (Wildman–Crippen LogP) is 11.0. The number of amides is 3. The summed E-state index contributed by atoms with van der Waals surface area (Å²) >= 11 is 0. The van der Waals surface area contributed by atoms with Crippen molar-refractivity contribution in [2.24, 2.45) is 0 Å². The summed E-state index contributed by atoms with van der Waals surface area (Å²) in [5.41, 5.74) is 31.2. The second-order valence-electron chi connectivity index (χ2n) is 17.0. The van der Waals surface area contributed by atoms with Crippen LogP contribution in [0.15, 0.2) is 207 Å². The summed E-state index contributed by atoms with van der Waals surface area (Å²) in [6, 6.07) is 57.0. The van der Waals surface area contributed by atoms with Gasteiger partial charge in [-0.2, -0.15) is 0 Å². The fourth-order valence-corrected chi connectivity index (χ4v) is 7.81. The van der Waals surface area contributed by atoms with E-state index in [4.69, 9.17) is 17.2 Å². The molecule has 0 bridgehead atoms. The third-order valence-corrected chi connectivity index (χ3v) is 11.6. The van der Waals surface area contributed by atoms with Gasteiger partial charge < -0.3 is 48.1 Å². The lowest BCUT2D eigenvalue weighted by Gasteiger charge is -2.05. The van der Waals surface area contributed by atoms with Crippen LogP contribution < -0.4 is 33.2 Å². The van der Waals surface area contributed by atoms with Gasteiger partial charge in [0, 0.05) is 75.0 Å². The minimum Gasteiger partial charge on any atom is -0.399 e. The number of fused-ring (bicyclic) bond motifs is 3. The Morgan fingerprint density at radius 1 is 0.387 bits per heavy atom. The van der Waals surface area contributed by atoms with E-state index >= 15 is 0 Å². The highest BCUT2D eigenvalue weighted by atomic mass is 16.2. The lowest BCUT2D eigenvalue weighted by molar-refractivity contribution is 0.101. The van der Waals surface area contributed by atoms with Gasteiger partial charge in [0.05, 0.1) is 38.7 Å². The van der Waals surface area contributed by atoms with E-state index in [1.54, 1.807) is 54.9 Å². The fourth-order valence-electron chi connectivity index (χ4n) is 7.81. The van der Waals surface area contributed by atoms with Gasteiger partial charge in [0.1, 0.15) is 23.2 Å². The molecule has 0 radical (unpaired) electrons. The number of rotatable bonds is 9. The number of carbonyl (C=O) groups excluding carboxylic acids is 3. The maximum Gasteiger partial charge on any atom is 0.274 e. The second kappa shape index (κ2) is 21.6. The van der Waals surface area contributed by atoms with E-state index in [0.717, 1.165) is 73.0 Å². The third kappa shape index (κ3) is 11.6. The molecule has 0 aliphatic rings. The number of pyridine rings is 2. The number of nitrogens with zero attached hydrogens (tertiary/aromatic N) is 5. The van der Waals surface area contributed by atoms with Crippen LogP contribution in [0.25, 0.3) is 67.3 Å². The Balaban J connectivity index is 0.000000128. The minimum atomic E-state index is -0.243. The van der Waals surface area contributed by atoms with Crippen LogP contribution in [0.3, 0.4) is 0 Å². The van der Waals surface area contributed by atoms with E-state index in [-0.39, 0.29) is 17.7 Å². The Hall–Kier alpha value is -10.9. The number of aromatic nitrogens is 8. The van der Waals surface area contributed by atoms with Crippen molar-refractivity contribution in [3.63, 3.8) is 0 Å². The lowest BCUT2D eigenvalue weighted by atomic mass is 10.1. The summed E-state index contributed by atoms with van der Waals surface area (Å²) in [4.78, 5) is 67.8. The van der Waals surface area contributed by atoms with Crippen molar-refractivity contribution in [3.05, 3.63) is 223 Å². The summed E-state index contributed by atoms with van der Waals surface area (Å²) < 4.78 is 0. The van der Waals surface area contributed by atoms with Crippen molar-refractivity contribution in [2.45, 2.75) is 0 Å². The number of hydrogen-bond acceptors (Lipinski definition) is 11. The van der Waals surface area contributed by atoms with Gasteiger partial charge in [-0.15, -0.1) is 0 Å². The van der Waals surface area contributed by atoms with Gasteiger partial charge in [0.25, 0.3) is 17.7 Å². The van der Waals surface area contributed by atoms with Crippen LogP contribution in [-0.4, -0.2) is 57.6 Å². The number of imidazole rings is 3. The number of benzene rings is 7. The number of carbonyl (C=O) groups is 3. The average molecular weight is 987 g/mol. The first-order valence-corrected chi connectivity index (χ1v) is 23.4. The molecular weight excluding hydrogens is 941 g/mol. The Labute approximate surface area is 428 Å². The van der Waals surface area contributed by atoms with Crippen molar-refractivity contribution < 1.29 is 14.4 Å². The van der Waals surface area contributed by atoms with Crippen LogP contribution in [0.1, 0.15) is 31.2 Å². The summed E-state index contributed by atoms with van der Waals surface area (Å²) in [7, 11) is 0. The number of hydrogen-bond donors (Lipinski definition) is 9. The maximum atomic E-state index is 12.2. The molecule has 12 rings (SSSR count). The first-order chi connectivity index (χ1) is 36.6. The molecular formula is C58H46N14O3. The van der Waals surface area contributed by atoms with Gasteiger partial charge in [0.2, 0.25) is 0 Å². The van der Waals surface area contributed by atoms with Crippen molar-refractivity contribution in [1.29, 1.82) is 0 Å². The van der Waals surface area contributed by atoms with Crippen LogP contribution in [0.5, 0.6) is 0 Å². The molecule has 0 saturated heterocycles. The average Bonchev–Trinajstić information content (AvgIpc) is 4.20. The zero-order valence-corrected chi connectivity index (χ0v) is 39.8. The molecule has 0 fully saturated rings. The molecule has 366 valence electrons. The number of nitrogen functional groups attached to an aromatic ring is 3. The van der Waals surface area contributed by atoms with Crippen molar-refractivity contribution in [3.8, 4) is 34.2 Å². The maximum absolute atomic E-state index is 12.2. The number of anilines is 6. The SMILES string of the molecule is Nc1ccc2nc(-c3ccc(NC(=O)c4ccccc4)cc3)[nH]c2c1.Nc1ccc2nc(-c3ccc(NC(=O)c4ccccn4)cc3)[nH]c2c1.Nc1ccc2nc(-c3ccc(NC(=O)c4cccnc4)cc3)[nH]c2c1. The highest BCUT2D eigenvalue weighted by Crippen LogP contribution is 2.27. The second-order valence-corrected chi connectivity index (χ2v) is 17.0. The molecule has 12 N–H and O–H groups in total. The molecule has 0 saturated carbocycles. The van der Waals surface area contributed by atoms with E-state index < -0.39 is 0 Å².